The number of aromatic nitrogens is 1. The highest BCUT2D eigenvalue weighted by Crippen LogP contribution is 2.38. The van der Waals surface area contributed by atoms with Gasteiger partial charge in [0.1, 0.15) is 10.0 Å². The number of hydrogen-bond donors (Lipinski definition) is 2. The van der Waals surface area contributed by atoms with E-state index >= 15 is 0 Å². The molecule has 1 aromatic rings. The number of aromatic hydroxyl groups is 1. The smallest absolute Gasteiger partial charge is 0.178 e. The molecule has 1 aromatic heterocycles. The van der Waals surface area contributed by atoms with E-state index in [0.29, 0.717) is 0 Å². The molecule has 0 amide bonds. The Hall–Kier alpha value is -0.380. The van der Waals surface area contributed by atoms with E-state index in [4.69, 9.17) is 45.6 Å². The Balaban J connectivity index is 3.46. The minimum Gasteiger partial charge on any atom is -0.503 e. The first-order valence-electron chi connectivity index (χ1n) is 2.53. The van der Waals surface area contributed by atoms with Crippen LogP contribution in [0.4, 0.5) is 5.82 Å². The molecule has 0 radical (unpaired) electrons. The van der Waals surface area contributed by atoms with Crippen LogP contribution in [-0.4, -0.2) is 10.1 Å². The monoisotopic (exact) mass is 212 g/mol. The third-order valence-electron chi connectivity index (χ3n) is 1.04. The summed E-state index contributed by atoms with van der Waals surface area (Å²) in [6, 6.07) is 0. The molecular formula is C5H3Cl3N2O. The Morgan fingerprint density at radius 1 is 1.18 bits per heavy atom. The van der Waals surface area contributed by atoms with Crippen molar-refractivity contribution in [3.63, 3.8) is 0 Å². The van der Waals surface area contributed by atoms with E-state index in [1.54, 1.807) is 0 Å². The van der Waals surface area contributed by atoms with E-state index in [2.05, 4.69) is 4.98 Å². The van der Waals surface area contributed by atoms with Gasteiger partial charge in [0.05, 0.1) is 0 Å². The largest absolute Gasteiger partial charge is 0.503 e. The Morgan fingerprint density at radius 2 is 1.73 bits per heavy atom. The van der Waals surface area contributed by atoms with Crippen molar-refractivity contribution in [3.8, 4) is 5.75 Å². The summed E-state index contributed by atoms with van der Waals surface area (Å²) in [7, 11) is 0. The van der Waals surface area contributed by atoms with Crippen molar-refractivity contribution < 1.29 is 5.11 Å². The zero-order valence-corrected chi connectivity index (χ0v) is 7.37. The summed E-state index contributed by atoms with van der Waals surface area (Å²) in [5, 5.41) is 8.95. The summed E-state index contributed by atoms with van der Waals surface area (Å²) in [4.78, 5) is 3.51. The van der Waals surface area contributed by atoms with Crippen molar-refractivity contribution in [2.24, 2.45) is 0 Å². The maximum atomic E-state index is 9.05. The molecule has 0 unspecified atom stereocenters. The van der Waals surface area contributed by atoms with E-state index in [-0.39, 0.29) is 26.8 Å². The number of anilines is 1. The average Bonchev–Trinajstić information content (AvgIpc) is 1.97. The molecule has 3 nitrogen and oxygen atoms in total. The first kappa shape index (κ1) is 8.71. The van der Waals surface area contributed by atoms with E-state index < -0.39 is 0 Å². The number of rotatable bonds is 0. The predicted octanol–water partition coefficient (Wildman–Crippen LogP) is 2.33. The average molecular weight is 213 g/mol. The molecule has 0 atom stereocenters. The molecule has 0 aliphatic heterocycles. The Bertz CT molecular complexity index is 276. The summed E-state index contributed by atoms with van der Waals surface area (Å²) >= 11 is 16.5. The van der Waals surface area contributed by atoms with Gasteiger partial charge < -0.3 is 10.8 Å². The Kier molecular flexibility index (Phi) is 2.32. The lowest BCUT2D eigenvalue weighted by atomic mass is 10.4. The summed E-state index contributed by atoms with van der Waals surface area (Å²) in [6.45, 7) is 0. The number of halogens is 3. The molecule has 0 saturated heterocycles. The number of hydrogen-bond acceptors (Lipinski definition) is 3. The quantitative estimate of drug-likeness (QED) is 0.650. The molecule has 1 heterocycles. The van der Waals surface area contributed by atoms with Crippen LogP contribution in [0.5, 0.6) is 5.75 Å². The maximum Gasteiger partial charge on any atom is 0.178 e. The van der Waals surface area contributed by atoms with Gasteiger partial charge >= 0.3 is 0 Å². The Labute approximate surface area is 77.7 Å². The van der Waals surface area contributed by atoms with Crippen LogP contribution >= 0.6 is 34.8 Å². The van der Waals surface area contributed by atoms with Gasteiger partial charge in [-0.15, -0.1) is 0 Å². The molecule has 6 heteroatoms. The van der Waals surface area contributed by atoms with Crippen LogP contribution < -0.4 is 5.73 Å². The summed E-state index contributed by atoms with van der Waals surface area (Å²) < 4.78 is 0. The van der Waals surface area contributed by atoms with E-state index in [1.807, 2.05) is 0 Å². The standard InChI is InChI=1S/C5H3Cl3N2O/c6-1-2(7)4(8)10-5(9)3(1)11/h11H,(H2,9,10). The van der Waals surface area contributed by atoms with Gasteiger partial charge in [-0.2, -0.15) is 0 Å². The predicted molar refractivity (Wildman–Crippen MR) is 45.3 cm³/mol. The summed E-state index contributed by atoms with van der Waals surface area (Å²) in [5.74, 6) is -0.481. The van der Waals surface area contributed by atoms with Gasteiger partial charge in [0.2, 0.25) is 0 Å². The molecule has 0 spiro atoms. The van der Waals surface area contributed by atoms with Crippen LogP contribution in [0.1, 0.15) is 0 Å². The number of nitrogens with zero attached hydrogens (tertiary/aromatic N) is 1. The topological polar surface area (TPSA) is 59.1 Å². The van der Waals surface area contributed by atoms with Crippen molar-refractivity contribution in [1.82, 2.24) is 4.98 Å². The minimum atomic E-state index is -0.346. The van der Waals surface area contributed by atoms with Crippen LogP contribution in [0.25, 0.3) is 0 Å². The molecule has 0 bridgehead atoms. The second kappa shape index (κ2) is 2.93. The minimum absolute atomic E-state index is 0.0000309. The molecule has 60 valence electrons. The first-order chi connectivity index (χ1) is 5.04. The number of nitrogen functional groups attached to an aromatic ring is 1. The number of nitrogens with two attached hydrogens (primary N) is 1. The van der Waals surface area contributed by atoms with Crippen LogP contribution in [-0.2, 0) is 0 Å². The third-order valence-corrected chi connectivity index (χ3v) is 2.25. The van der Waals surface area contributed by atoms with Gasteiger partial charge in [0.25, 0.3) is 0 Å². The third kappa shape index (κ3) is 1.45. The number of pyridine rings is 1. The second-order valence-corrected chi connectivity index (χ2v) is 2.88. The van der Waals surface area contributed by atoms with Gasteiger partial charge in [-0.3, -0.25) is 0 Å². The summed E-state index contributed by atoms with van der Waals surface area (Å²) in [5.41, 5.74) is 5.20. The van der Waals surface area contributed by atoms with Crippen LogP contribution in [0, 0.1) is 0 Å². The van der Waals surface area contributed by atoms with E-state index in [1.165, 1.54) is 0 Å². The van der Waals surface area contributed by atoms with Crippen molar-refractivity contribution >= 4 is 40.6 Å². The molecule has 0 saturated carbocycles. The highest BCUT2D eigenvalue weighted by molar-refractivity contribution is 6.48. The van der Waals surface area contributed by atoms with Crippen molar-refractivity contribution in [3.05, 3.63) is 15.2 Å². The molecular weight excluding hydrogens is 210 g/mol. The molecule has 0 aliphatic carbocycles. The Morgan fingerprint density at radius 3 is 2.27 bits per heavy atom. The van der Waals surface area contributed by atoms with Gasteiger partial charge in [-0.25, -0.2) is 4.98 Å². The van der Waals surface area contributed by atoms with Crippen molar-refractivity contribution in [2.75, 3.05) is 5.73 Å². The van der Waals surface area contributed by atoms with E-state index in [9.17, 15) is 0 Å². The zero-order valence-electron chi connectivity index (χ0n) is 5.11. The van der Waals surface area contributed by atoms with Crippen molar-refractivity contribution in [1.29, 1.82) is 0 Å². The van der Waals surface area contributed by atoms with E-state index in [0.717, 1.165) is 0 Å². The van der Waals surface area contributed by atoms with Crippen molar-refractivity contribution in [2.45, 2.75) is 0 Å². The lowest BCUT2D eigenvalue weighted by Gasteiger charge is -2.02. The molecule has 11 heavy (non-hydrogen) atoms. The van der Waals surface area contributed by atoms with Gasteiger partial charge in [-0.05, 0) is 0 Å². The molecule has 0 aliphatic rings. The molecule has 1 rings (SSSR count). The fourth-order valence-corrected chi connectivity index (χ4v) is 1.07. The summed E-state index contributed by atoms with van der Waals surface area (Å²) in [6.07, 6.45) is 0. The van der Waals surface area contributed by atoms with Crippen LogP contribution in [0.3, 0.4) is 0 Å². The molecule has 3 N–H and O–H groups in total. The second-order valence-electron chi connectivity index (χ2n) is 1.76. The van der Waals surface area contributed by atoms with Gasteiger partial charge in [0.15, 0.2) is 16.7 Å². The zero-order chi connectivity index (χ0) is 8.59. The van der Waals surface area contributed by atoms with Gasteiger partial charge in [0, 0.05) is 0 Å². The van der Waals surface area contributed by atoms with Crippen LogP contribution in [0.2, 0.25) is 15.2 Å². The molecule has 0 aromatic carbocycles. The lowest BCUT2D eigenvalue weighted by molar-refractivity contribution is 0.476. The maximum absolute atomic E-state index is 9.05. The first-order valence-corrected chi connectivity index (χ1v) is 3.66. The SMILES string of the molecule is Nc1nc(Cl)c(Cl)c(Cl)c1O. The highest BCUT2D eigenvalue weighted by Gasteiger charge is 2.12. The molecule has 0 fully saturated rings. The fraction of sp³-hybridized carbons (Fsp3) is 0. The fourth-order valence-electron chi connectivity index (χ4n) is 0.515. The lowest BCUT2D eigenvalue weighted by Crippen LogP contribution is -1.92. The van der Waals surface area contributed by atoms with Gasteiger partial charge in [-0.1, -0.05) is 34.8 Å². The highest BCUT2D eigenvalue weighted by atomic mass is 35.5. The van der Waals surface area contributed by atoms with Crippen LogP contribution in [0.15, 0.2) is 0 Å². The normalized spacial score (nSPS) is 10.1.